The third kappa shape index (κ3) is 4.07. The molecule has 0 unspecified atom stereocenters. The summed E-state index contributed by atoms with van der Waals surface area (Å²) in [5, 5.41) is 0. The van der Waals surface area contributed by atoms with E-state index in [2.05, 4.69) is 24.8 Å². The molecule has 0 spiro atoms. The number of rotatable bonds is 4. The highest BCUT2D eigenvalue weighted by Gasteiger charge is 2.21. The molecule has 4 heterocycles. The van der Waals surface area contributed by atoms with Gasteiger partial charge in [-0.3, -0.25) is 4.98 Å². The molecule has 4 aromatic rings. The molecule has 1 aromatic carbocycles. The van der Waals surface area contributed by atoms with Gasteiger partial charge in [0.15, 0.2) is 5.82 Å². The highest BCUT2D eigenvalue weighted by molar-refractivity contribution is 5.68. The second-order valence-corrected chi connectivity index (χ2v) is 7.32. The smallest absolute Gasteiger partial charge is 0.163 e. The molecule has 31 heavy (non-hydrogen) atoms. The number of benzene rings is 1. The number of anilines is 2. The van der Waals surface area contributed by atoms with Crippen molar-refractivity contribution in [1.29, 1.82) is 0 Å². The fraction of sp³-hybridized carbons (Fsp3) is 0.167. The van der Waals surface area contributed by atoms with E-state index in [1.165, 1.54) is 6.07 Å². The summed E-state index contributed by atoms with van der Waals surface area (Å²) in [6.07, 6.45) is 5.25. The molecule has 0 radical (unpaired) electrons. The van der Waals surface area contributed by atoms with E-state index in [1.807, 2.05) is 48.7 Å². The average molecular weight is 412 g/mol. The Morgan fingerprint density at radius 3 is 2.23 bits per heavy atom. The summed E-state index contributed by atoms with van der Waals surface area (Å²) in [7, 11) is 0. The van der Waals surface area contributed by atoms with Crippen molar-refractivity contribution in [3.63, 3.8) is 0 Å². The summed E-state index contributed by atoms with van der Waals surface area (Å²) in [6.45, 7) is 3.24. The van der Waals surface area contributed by atoms with Crippen LogP contribution in [0, 0.1) is 5.82 Å². The van der Waals surface area contributed by atoms with Gasteiger partial charge in [-0.15, -0.1) is 0 Å². The highest BCUT2D eigenvalue weighted by Crippen LogP contribution is 2.28. The lowest BCUT2D eigenvalue weighted by molar-refractivity contribution is 0.630. The molecule has 1 aliphatic rings. The third-order valence-electron chi connectivity index (χ3n) is 5.36. The van der Waals surface area contributed by atoms with Gasteiger partial charge in [0, 0.05) is 62.0 Å². The van der Waals surface area contributed by atoms with E-state index in [0.717, 1.165) is 43.4 Å². The van der Waals surface area contributed by atoms with Gasteiger partial charge in [0.1, 0.15) is 17.5 Å². The maximum absolute atomic E-state index is 14.5. The minimum absolute atomic E-state index is 0.302. The fourth-order valence-electron chi connectivity index (χ4n) is 3.73. The quantitative estimate of drug-likeness (QED) is 0.504. The summed E-state index contributed by atoms with van der Waals surface area (Å²) >= 11 is 0. The maximum Gasteiger partial charge on any atom is 0.163 e. The Labute approximate surface area is 180 Å². The standard InChI is InChI=1S/C24H21FN6/c25-20-8-2-1-7-19(20)21-16-23(29-24(28-21)18-6-5-10-26-17-18)31-14-12-30(13-15-31)22-9-3-4-11-27-22/h1-11,16-17H,12-15H2. The summed E-state index contributed by atoms with van der Waals surface area (Å²) in [5.41, 5.74) is 1.83. The van der Waals surface area contributed by atoms with Gasteiger partial charge in [-0.05, 0) is 36.4 Å². The Bertz CT molecular complexity index is 1160. The molecule has 0 N–H and O–H groups in total. The lowest BCUT2D eigenvalue weighted by atomic mass is 10.1. The Balaban J connectivity index is 1.48. The topological polar surface area (TPSA) is 58.0 Å². The number of hydrogen-bond acceptors (Lipinski definition) is 6. The molecule has 7 heteroatoms. The maximum atomic E-state index is 14.5. The molecule has 0 atom stereocenters. The van der Waals surface area contributed by atoms with E-state index in [-0.39, 0.29) is 5.82 Å². The molecule has 3 aromatic heterocycles. The van der Waals surface area contributed by atoms with Gasteiger partial charge >= 0.3 is 0 Å². The van der Waals surface area contributed by atoms with Crippen LogP contribution in [0.1, 0.15) is 0 Å². The summed E-state index contributed by atoms with van der Waals surface area (Å²) in [5.74, 6) is 2.00. The van der Waals surface area contributed by atoms with Gasteiger partial charge < -0.3 is 9.80 Å². The Morgan fingerprint density at radius 1 is 0.742 bits per heavy atom. The van der Waals surface area contributed by atoms with Crippen LogP contribution in [0.5, 0.6) is 0 Å². The average Bonchev–Trinajstić information content (AvgIpc) is 2.85. The van der Waals surface area contributed by atoms with Crippen LogP contribution >= 0.6 is 0 Å². The molecule has 0 saturated carbocycles. The molecule has 6 nitrogen and oxygen atoms in total. The molecule has 1 aliphatic heterocycles. The lowest BCUT2D eigenvalue weighted by Gasteiger charge is -2.36. The van der Waals surface area contributed by atoms with Crippen molar-refractivity contribution in [2.24, 2.45) is 0 Å². The molecule has 154 valence electrons. The number of halogens is 1. The monoisotopic (exact) mass is 412 g/mol. The fourth-order valence-corrected chi connectivity index (χ4v) is 3.73. The minimum atomic E-state index is -0.302. The first-order valence-corrected chi connectivity index (χ1v) is 10.2. The predicted molar refractivity (Wildman–Crippen MR) is 119 cm³/mol. The zero-order valence-corrected chi connectivity index (χ0v) is 16.9. The molecule has 0 amide bonds. The lowest BCUT2D eigenvalue weighted by Crippen LogP contribution is -2.47. The van der Waals surface area contributed by atoms with Gasteiger partial charge in [-0.25, -0.2) is 19.3 Å². The van der Waals surface area contributed by atoms with Crippen molar-refractivity contribution in [3.05, 3.63) is 85.1 Å². The van der Waals surface area contributed by atoms with Crippen LogP contribution in [0.25, 0.3) is 22.6 Å². The first-order chi connectivity index (χ1) is 15.3. The summed E-state index contributed by atoms with van der Waals surface area (Å²) < 4.78 is 14.5. The van der Waals surface area contributed by atoms with Crippen LogP contribution in [0.15, 0.2) is 79.3 Å². The van der Waals surface area contributed by atoms with Gasteiger partial charge in [0.25, 0.3) is 0 Å². The molecule has 0 bridgehead atoms. The normalized spacial score (nSPS) is 14.0. The zero-order valence-electron chi connectivity index (χ0n) is 16.9. The van der Waals surface area contributed by atoms with Gasteiger partial charge in [0.2, 0.25) is 0 Å². The first-order valence-electron chi connectivity index (χ1n) is 10.2. The van der Waals surface area contributed by atoms with Crippen molar-refractivity contribution < 1.29 is 4.39 Å². The SMILES string of the molecule is Fc1ccccc1-c1cc(N2CCN(c3ccccn3)CC2)nc(-c2cccnc2)n1. The number of pyridine rings is 2. The Kier molecular flexibility index (Phi) is 5.22. The zero-order chi connectivity index (χ0) is 21.0. The molecule has 5 rings (SSSR count). The van der Waals surface area contributed by atoms with Crippen LogP contribution in [0.4, 0.5) is 16.0 Å². The minimum Gasteiger partial charge on any atom is -0.353 e. The van der Waals surface area contributed by atoms with Crippen molar-refractivity contribution in [2.75, 3.05) is 36.0 Å². The van der Waals surface area contributed by atoms with E-state index >= 15 is 0 Å². The van der Waals surface area contributed by atoms with Gasteiger partial charge in [-0.2, -0.15) is 0 Å². The molecule has 1 fully saturated rings. The van der Waals surface area contributed by atoms with E-state index in [4.69, 9.17) is 4.98 Å². The first kappa shape index (κ1) is 19.1. The number of hydrogen-bond donors (Lipinski definition) is 0. The van der Waals surface area contributed by atoms with Crippen LogP contribution in [-0.4, -0.2) is 46.1 Å². The predicted octanol–water partition coefficient (Wildman–Crippen LogP) is 4.07. The highest BCUT2D eigenvalue weighted by atomic mass is 19.1. The molecule has 0 aliphatic carbocycles. The number of aromatic nitrogens is 4. The van der Waals surface area contributed by atoms with E-state index in [9.17, 15) is 4.39 Å². The van der Waals surface area contributed by atoms with E-state index < -0.39 is 0 Å². The Hall–Kier alpha value is -3.87. The summed E-state index contributed by atoms with van der Waals surface area (Å²) in [4.78, 5) is 22.6. The van der Waals surface area contributed by atoms with Crippen molar-refractivity contribution in [1.82, 2.24) is 19.9 Å². The van der Waals surface area contributed by atoms with Crippen molar-refractivity contribution in [2.45, 2.75) is 0 Å². The third-order valence-corrected chi connectivity index (χ3v) is 5.36. The summed E-state index contributed by atoms with van der Waals surface area (Å²) in [6, 6.07) is 18.3. The largest absolute Gasteiger partial charge is 0.353 e. The molecule has 1 saturated heterocycles. The van der Waals surface area contributed by atoms with Crippen LogP contribution in [-0.2, 0) is 0 Å². The molecular formula is C24H21FN6. The van der Waals surface area contributed by atoms with Crippen LogP contribution in [0.2, 0.25) is 0 Å². The van der Waals surface area contributed by atoms with Crippen molar-refractivity contribution >= 4 is 11.6 Å². The van der Waals surface area contributed by atoms with Crippen molar-refractivity contribution in [3.8, 4) is 22.6 Å². The number of nitrogens with zero attached hydrogens (tertiary/aromatic N) is 6. The van der Waals surface area contributed by atoms with Crippen LogP contribution in [0.3, 0.4) is 0 Å². The van der Waals surface area contributed by atoms with E-state index in [1.54, 1.807) is 24.5 Å². The Morgan fingerprint density at radius 2 is 1.52 bits per heavy atom. The van der Waals surface area contributed by atoms with Crippen LogP contribution < -0.4 is 9.80 Å². The second kappa shape index (κ2) is 8.47. The molecular weight excluding hydrogens is 391 g/mol. The van der Waals surface area contributed by atoms with E-state index in [0.29, 0.717) is 17.1 Å². The van der Waals surface area contributed by atoms with Gasteiger partial charge in [-0.1, -0.05) is 18.2 Å². The van der Waals surface area contributed by atoms with Gasteiger partial charge in [0.05, 0.1) is 5.69 Å². The number of piperazine rings is 1. The second-order valence-electron chi connectivity index (χ2n) is 7.32.